The van der Waals surface area contributed by atoms with Gasteiger partial charge in [0.15, 0.2) is 6.61 Å². The predicted molar refractivity (Wildman–Crippen MR) is 99.2 cm³/mol. The topological polar surface area (TPSA) is 71.0 Å². The maximum Gasteiger partial charge on any atom is 0.265 e. The molecule has 2 saturated carbocycles. The molecule has 1 aromatic rings. The van der Waals surface area contributed by atoms with E-state index in [1.165, 1.54) is 37.0 Å². The number of nitrogens with one attached hydrogen (secondary N) is 1. The molecule has 1 heterocycles. The molecule has 1 aromatic carbocycles. The van der Waals surface area contributed by atoms with Crippen LogP contribution in [-0.2, 0) is 9.59 Å². The van der Waals surface area contributed by atoms with Gasteiger partial charge in [0.25, 0.3) is 11.8 Å². The summed E-state index contributed by atoms with van der Waals surface area (Å²) < 4.78 is 5.40. The number of fused-ring (bicyclic) bond motifs is 2. The second-order valence-corrected chi connectivity index (χ2v) is 7.50. The number of ether oxygens (including phenoxy) is 1. The first kappa shape index (κ1) is 17.1. The van der Waals surface area contributed by atoms with Gasteiger partial charge in [-0.3, -0.25) is 14.5 Å². The summed E-state index contributed by atoms with van der Waals surface area (Å²) in [5.74, 6) is 1.73. The van der Waals surface area contributed by atoms with E-state index in [1.54, 1.807) is 12.1 Å². The molecule has 2 amide bonds. The molecule has 6 nitrogen and oxygen atoms in total. The van der Waals surface area contributed by atoms with Gasteiger partial charge < -0.3 is 4.74 Å². The molecule has 3 aliphatic rings. The maximum absolute atomic E-state index is 12.3. The summed E-state index contributed by atoms with van der Waals surface area (Å²) in [6.07, 6.45) is 8.48. The highest BCUT2D eigenvalue weighted by molar-refractivity contribution is 6.02. The van der Waals surface area contributed by atoms with E-state index >= 15 is 0 Å². The van der Waals surface area contributed by atoms with Crippen LogP contribution in [0.2, 0.25) is 0 Å². The van der Waals surface area contributed by atoms with Gasteiger partial charge in [-0.25, -0.2) is 5.43 Å². The van der Waals surface area contributed by atoms with Crippen molar-refractivity contribution in [1.82, 2.24) is 5.43 Å². The van der Waals surface area contributed by atoms with E-state index in [4.69, 9.17) is 4.74 Å². The van der Waals surface area contributed by atoms with E-state index in [2.05, 4.69) is 10.5 Å². The average molecular weight is 355 g/mol. The van der Waals surface area contributed by atoms with Crippen LogP contribution in [0.5, 0.6) is 5.75 Å². The van der Waals surface area contributed by atoms with Crippen LogP contribution in [0.15, 0.2) is 29.4 Å². The number of amides is 2. The number of benzene rings is 1. The van der Waals surface area contributed by atoms with Crippen molar-refractivity contribution in [3.05, 3.63) is 24.3 Å². The number of anilines is 1. The van der Waals surface area contributed by atoms with Crippen molar-refractivity contribution >= 4 is 23.2 Å². The molecule has 0 aromatic heterocycles. The van der Waals surface area contributed by atoms with Crippen molar-refractivity contribution < 1.29 is 14.3 Å². The highest BCUT2D eigenvalue weighted by Gasteiger charge is 2.30. The van der Waals surface area contributed by atoms with Crippen molar-refractivity contribution in [3.8, 4) is 5.75 Å². The fourth-order valence-corrected chi connectivity index (χ4v) is 4.44. The Balaban J connectivity index is 1.36. The Bertz CT molecular complexity index is 731. The van der Waals surface area contributed by atoms with Crippen molar-refractivity contribution in [3.63, 3.8) is 0 Å². The minimum Gasteiger partial charge on any atom is -0.482 e. The van der Waals surface area contributed by atoms with Crippen LogP contribution in [0, 0.1) is 11.8 Å². The highest BCUT2D eigenvalue weighted by Crippen LogP contribution is 2.39. The second kappa shape index (κ2) is 7.48. The summed E-state index contributed by atoms with van der Waals surface area (Å²) in [6.45, 7) is -0.0794. The van der Waals surface area contributed by atoms with Gasteiger partial charge in [0.05, 0.1) is 5.69 Å². The van der Waals surface area contributed by atoms with E-state index < -0.39 is 0 Å². The Labute approximate surface area is 153 Å². The van der Waals surface area contributed by atoms with Crippen molar-refractivity contribution in [2.45, 2.75) is 44.9 Å². The summed E-state index contributed by atoms with van der Waals surface area (Å²) in [5, 5.41) is 4.37. The normalized spacial score (nSPS) is 26.7. The molecule has 0 radical (unpaired) electrons. The lowest BCUT2D eigenvalue weighted by molar-refractivity contribution is -0.125. The molecular formula is C20H25N3O3. The van der Waals surface area contributed by atoms with E-state index in [0.717, 1.165) is 30.4 Å². The van der Waals surface area contributed by atoms with Crippen LogP contribution in [0.25, 0.3) is 0 Å². The quantitative estimate of drug-likeness (QED) is 0.848. The van der Waals surface area contributed by atoms with Crippen LogP contribution < -0.4 is 15.1 Å². The summed E-state index contributed by atoms with van der Waals surface area (Å²) in [4.78, 5) is 25.9. The lowest BCUT2D eigenvalue weighted by Gasteiger charge is -2.35. The number of rotatable bonds is 3. The minimum atomic E-state index is -0.270. The molecular weight excluding hydrogens is 330 g/mol. The zero-order valence-electron chi connectivity index (χ0n) is 14.9. The van der Waals surface area contributed by atoms with Gasteiger partial charge >= 0.3 is 0 Å². The fourth-order valence-electron chi connectivity index (χ4n) is 4.44. The monoisotopic (exact) mass is 355 g/mol. The third kappa shape index (κ3) is 3.59. The van der Waals surface area contributed by atoms with E-state index in [9.17, 15) is 9.59 Å². The third-order valence-corrected chi connectivity index (χ3v) is 5.82. The number of hydrazone groups is 1. The highest BCUT2D eigenvalue weighted by atomic mass is 16.5. The SMILES string of the molecule is O=C(CN1C(=O)COc2ccccc21)N/N=C1\CC[C@@H]2CCCC[C@H]2C1. The molecule has 2 atom stereocenters. The predicted octanol–water partition coefficient (Wildman–Crippen LogP) is 2.87. The molecule has 0 saturated heterocycles. The number of para-hydroxylation sites is 2. The lowest BCUT2D eigenvalue weighted by atomic mass is 9.70. The van der Waals surface area contributed by atoms with Gasteiger partial charge in [-0.2, -0.15) is 5.10 Å². The molecule has 26 heavy (non-hydrogen) atoms. The smallest absolute Gasteiger partial charge is 0.265 e. The molecule has 0 unspecified atom stereocenters. The van der Waals surface area contributed by atoms with Crippen molar-refractivity contribution in [2.75, 3.05) is 18.1 Å². The second-order valence-electron chi connectivity index (χ2n) is 7.50. The van der Waals surface area contributed by atoms with Gasteiger partial charge in [0.2, 0.25) is 0 Å². The van der Waals surface area contributed by atoms with Crippen LogP contribution in [0.4, 0.5) is 5.69 Å². The third-order valence-electron chi connectivity index (χ3n) is 5.82. The van der Waals surface area contributed by atoms with Crippen LogP contribution >= 0.6 is 0 Å². The maximum atomic E-state index is 12.3. The molecule has 2 fully saturated rings. The molecule has 0 spiro atoms. The van der Waals surface area contributed by atoms with Crippen LogP contribution in [0.3, 0.4) is 0 Å². The summed E-state index contributed by atoms with van der Waals surface area (Å²) >= 11 is 0. The molecule has 1 N–H and O–H groups in total. The van der Waals surface area contributed by atoms with Crippen molar-refractivity contribution in [1.29, 1.82) is 0 Å². The van der Waals surface area contributed by atoms with Gasteiger partial charge in [-0.15, -0.1) is 0 Å². The average Bonchev–Trinajstić information content (AvgIpc) is 2.68. The number of nitrogens with zero attached hydrogens (tertiary/aromatic N) is 2. The van der Waals surface area contributed by atoms with Gasteiger partial charge in [0, 0.05) is 5.71 Å². The Hall–Kier alpha value is -2.37. The molecule has 1 aliphatic heterocycles. The molecule has 0 bridgehead atoms. The summed E-state index contributed by atoms with van der Waals surface area (Å²) in [6, 6.07) is 7.26. The standard InChI is InChI=1S/C20H25N3O3/c24-19(12-23-17-7-3-4-8-18(17)26-13-20(23)25)22-21-16-10-9-14-5-1-2-6-15(14)11-16/h3-4,7-8,14-15H,1-2,5-6,9-13H2,(H,22,24)/b21-16+/t14-,15-/m0/s1. The van der Waals surface area contributed by atoms with Gasteiger partial charge in [-0.1, -0.05) is 31.4 Å². The Morgan fingerprint density at radius 3 is 2.88 bits per heavy atom. The first-order valence-corrected chi connectivity index (χ1v) is 9.57. The number of carbonyl (C=O) groups is 2. The zero-order chi connectivity index (χ0) is 17.9. The fraction of sp³-hybridized carbons (Fsp3) is 0.550. The Kier molecular flexibility index (Phi) is 4.91. The van der Waals surface area contributed by atoms with Gasteiger partial charge in [0.1, 0.15) is 12.3 Å². The Morgan fingerprint density at radius 2 is 2.00 bits per heavy atom. The number of hydrogen-bond donors (Lipinski definition) is 1. The molecule has 138 valence electrons. The summed E-state index contributed by atoms with van der Waals surface area (Å²) in [7, 11) is 0. The molecule has 6 heteroatoms. The lowest BCUT2D eigenvalue weighted by Crippen LogP contribution is -2.44. The van der Waals surface area contributed by atoms with E-state index in [-0.39, 0.29) is 25.0 Å². The van der Waals surface area contributed by atoms with Crippen molar-refractivity contribution in [2.24, 2.45) is 16.9 Å². The number of hydrogen-bond acceptors (Lipinski definition) is 4. The zero-order valence-corrected chi connectivity index (χ0v) is 14.9. The number of carbonyl (C=O) groups excluding carboxylic acids is 2. The van der Waals surface area contributed by atoms with Gasteiger partial charge in [-0.05, 0) is 49.7 Å². The minimum absolute atomic E-state index is 0.0396. The largest absolute Gasteiger partial charge is 0.482 e. The molecule has 2 aliphatic carbocycles. The Morgan fingerprint density at radius 1 is 1.19 bits per heavy atom. The molecule has 4 rings (SSSR count). The first-order chi connectivity index (χ1) is 12.7. The summed E-state index contributed by atoms with van der Waals surface area (Å²) in [5.41, 5.74) is 4.39. The van der Waals surface area contributed by atoms with E-state index in [0.29, 0.717) is 11.4 Å². The van der Waals surface area contributed by atoms with E-state index in [1.807, 2.05) is 12.1 Å². The first-order valence-electron chi connectivity index (χ1n) is 9.57. The van der Waals surface area contributed by atoms with Crippen LogP contribution in [-0.4, -0.2) is 30.7 Å². The van der Waals surface area contributed by atoms with Crippen LogP contribution in [0.1, 0.15) is 44.9 Å².